The van der Waals surface area contributed by atoms with Gasteiger partial charge in [0.2, 0.25) is 0 Å². The first kappa shape index (κ1) is 14.1. The second-order valence-corrected chi connectivity index (χ2v) is 8.91. The molecule has 3 aliphatic carbocycles. The quantitative estimate of drug-likeness (QED) is 0.770. The lowest BCUT2D eigenvalue weighted by atomic mass is 9.47. The van der Waals surface area contributed by atoms with Crippen molar-refractivity contribution in [3.05, 3.63) is 29.3 Å². The zero-order valence-corrected chi connectivity index (χ0v) is 14.0. The monoisotopic (exact) mass is 326 g/mol. The lowest BCUT2D eigenvalue weighted by molar-refractivity contribution is -0.170. The van der Waals surface area contributed by atoms with Gasteiger partial charge in [0, 0.05) is 17.6 Å². The van der Waals surface area contributed by atoms with E-state index in [0.29, 0.717) is 5.92 Å². The molecule has 1 aromatic carbocycles. The molecule has 2 aliphatic heterocycles. The van der Waals surface area contributed by atoms with Gasteiger partial charge in [0.15, 0.2) is 0 Å². The van der Waals surface area contributed by atoms with Crippen LogP contribution < -0.4 is 15.8 Å². The normalized spacial score (nSPS) is 47.9. The SMILES string of the molecule is N[C@H]1C(CC2CC2)C[C@@]2(O)[C@@H]3Cc4cccc5c4[C@@]2(CCN3)[C@H]1O5. The van der Waals surface area contributed by atoms with E-state index in [1.54, 1.807) is 0 Å². The van der Waals surface area contributed by atoms with Crippen LogP contribution >= 0.6 is 0 Å². The smallest absolute Gasteiger partial charge is 0.127 e. The summed E-state index contributed by atoms with van der Waals surface area (Å²) >= 11 is 0. The third kappa shape index (κ3) is 1.48. The molecule has 6 atom stereocenters. The molecule has 4 nitrogen and oxygen atoms in total. The number of piperidine rings is 1. The molecule has 6 rings (SSSR count). The highest BCUT2D eigenvalue weighted by Gasteiger charge is 2.72. The molecule has 1 aromatic rings. The van der Waals surface area contributed by atoms with E-state index >= 15 is 0 Å². The summed E-state index contributed by atoms with van der Waals surface area (Å²) in [6.45, 7) is 0.945. The van der Waals surface area contributed by atoms with E-state index in [9.17, 15) is 5.11 Å². The van der Waals surface area contributed by atoms with Crippen LogP contribution in [0.2, 0.25) is 0 Å². The molecule has 4 N–H and O–H groups in total. The summed E-state index contributed by atoms with van der Waals surface area (Å²) in [4.78, 5) is 0. The number of nitrogens with one attached hydrogen (secondary N) is 1. The molecule has 1 saturated heterocycles. The van der Waals surface area contributed by atoms with Gasteiger partial charge in [0.1, 0.15) is 11.9 Å². The minimum Gasteiger partial charge on any atom is -0.487 e. The largest absolute Gasteiger partial charge is 0.487 e. The fraction of sp³-hybridized carbons (Fsp3) is 0.700. The van der Waals surface area contributed by atoms with Crippen LogP contribution in [0.15, 0.2) is 18.2 Å². The number of ether oxygens (including phenoxy) is 1. The van der Waals surface area contributed by atoms with Gasteiger partial charge in [-0.25, -0.2) is 0 Å². The molecule has 3 fully saturated rings. The van der Waals surface area contributed by atoms with Crippen LogP contribution in [0.25, 0.3) is 0 Å². The van der Waals surface area contributed by atoms with Crippen molar-refractivity contribution in [1.29, 1.82) is 0 Å². The van der Waals surface area contributed by atoms with Crippen molar-refractivity contribution < 1.29 is 9.84 Å². The van der Waals surface area contributed by atoms with Gasteiger partial charge in [-0.2, -0.15) is 0 Å². The molecule has 2 bridgehead atoms. The maximum Gasteiger partial charge on any atom is 0.127 e. The summed E-state index contributed by atoms with van der Waals surface area (Å²) in [6.07, 6.45) is 6.43. The number of nitrogens with two attached hydrogens (primary N) is 1. The number of hydrogen-bond donors (Lipinski definition) is 3. The van der Waals surface area contributed by atoms with Gasteiger partial charge in [-0.15, -0.1) is 0 Å². The molecule has 5 aliphatic rings. The molecule has 4 heteroatoms. The summed E-state index contributed by atoms with van der Waals surface area (Å²) < 4.78 is 6.48. The fourth-order valence-corrected chi connectivity index (χ4v) is 6.60. The average molecular weight is 326 g/mol. The Bertz CT molecular complexity index is 718. The van der Waals surface area contributed by atoms with Gasteiger partial charge < -0.3 is 20.9 Å². The topological polar surface area (TPSA) is 67.5 Å². The molecule has 2 heterocycles. The maximum atomic E-state index is 12.0. The van der Waals surface area contributed by atoms with Crippen LogP contribution in [0.5, 0.6) is 5.75 Å². The fourth-order valence-electron chi connectivity index (χ4n) is 6.60. The molecule has 1 spiro atoms. The van der Waals surface area contributed by atoms with Crippen molar-refractivity contribution >= 4 is 0 Å². The highest BCUT2D eigenvalue weighted by molar-refractivity contribution is 5.57. The lowest BCUT2D eigenvalue weighted by Crippen LogP contribution is -2.79. The molecule has 0 amide bonds. The van der Waals surface area contributed by atoms with Crippen molar-refractivity contribution in [1.82, 2.24) is 5.32 Å². The number of aliphatic hydroxyl groups is 1. The minimum atomic E-state index is -0.717. The first-order chi connectivity index (χ1) is 11.6. The number of hydrogen-bond acceptors (Lipinski definition) is 4. The van der Waals surface area contributed by atoms with Crippen molar-refractivity contribution in [2.45, 2.75) is 67.7 Å². The van der Waals surface area contributed by atoms with Crippen LogP contribution in [-0.4, -0.2) is 35.4 Å². The molecule has 128 valence electrons. The summed E-state index contributed by atoms with van der Waals surface area (Å²) in [7, 11) is 0. The van der Waals surface area contributed by atoms with Gasteiger partial charge in [0.05, 0.1) is 11.0 Å². The Morgan fingerprint density at radius 3 is 3.04 bits per heavy atom. The van der Waals surface area contributed by atoms with Crippen LogP contribution in [0.1, 0.15) is 43.2 Å². The summed E-state index contributed by atoms with van der Waals surface area (Å²) in [5.41, 5.74) is 8.41. The first-order valence-electron chi connectivity index (χ1n) is 9.64. The second-order valence-electron chi connectivity index (χ2n) is 8.91. The first-order valence-corrected chi connectivity index (χ1v) is 9.64. The van der Waals surface area contributed by atoms with Crippen molar-refractivity contribution in [2.75, 3.05) is 6.54 Å². The van der Waals surface area contributed by atoms with Gasteiger partial charge >= 0.3 is 0 Å². The van der Waals surface area contributed by atoms with Crippen molar-refractivity contribution in [3.63, 3.8) is 0 Å². The Morgan fingerprint density at radius 1 is 1.33 bits per heavy atom. The predicted molar refractivity (Wildman–Crippen MR) is 91.0 cm³/mol. The third-order valence-corrected chi connectivity index (χ3v) is 7.78. The van der Waals surface area contributed by atoms with E-state index in [1.165, 1.54) is 24.0 Å². The highest BCUT2D eigenvalue weighted by atomic mass is 16.5. The second kappa shape index (κ2) is 4.35. The molecule has 1 unspecified atom stereocenters. The van der Waals surface area contributed by atoms with Crippen molar-refractivity contribution in [2.24, 2.45) is 17.6 Å². The molecule has 2 saturated carbocycles. The Morgan fingerprint density at radius 2 is 2.21 bits per heavy atom. The van der Waals surface area contributed by atoms with E-state index < -0.39 is 5.60 Å². The van der Waals surface area contributed by atoms with Gasteiger partial charge in [-0.3, -0.25) is 0 Å². The Balaban J connectivity index is 1.55. The molecular formula is C20H26N2O2. The molecule has 0 radical (unpaired) electrons. The Labute approximate surface area is 142 Å². The highest BCUT2D eigenvalue weighted by Crippen LogP contribution is 2.63. The predicted octanol–water partition coefficient (Wildman–Crippen LogP) is 1.48. The van der Waals surface area contributed by atoms with Crippen LogP contribution in [-0.2, 0) is 11.8 Å². The Kier molecular flexibility index (Phi) is 2.56. The van der Waals surface area contributed by atoms with E-state index in [0.717, 1.165) is 43.9 Å². The van der Waals surface area contributed by atoms with Gasteiger partial charge in [0.25, 0.3) is 0 Å². The standard InChI is InChI=1S/C20H26N2O2/c21-17-13(8-11-4-5-11)10-20(23)15-9-12-2-1-3-14-16(12)19(20,6-7-22-15)18(17)24-14/h1-3,11,13,15,17-18,22-23H,4-10,21H2/t13?,15-,17-,18-,19-,20+/m0/s1. The molecule has 24 heavy (non-hydrogen) atoms. The third-order valence-electron chi connectivity index (χ3n) is 7.78. The van der Waals surface area contributed by atoms with Crippen LogP contribution in [0.4, 0.5) is 0 Å². The van der Waals surface area contributed by atoms with Crippen LogP contribution in [0.3, 0.4) is 0 Å². The van der Waals surface area contributed by atoms with Gasteiger partial charge in [-0.1, -0.05) is 25.0 Å². The summed E-state index contributed by atoms with van der Waals surface area (Å²) in [5, 5.41) is 15.7. The summed E-state index contributed by atoms with van der Waals surface area (Å²) in [6, 6.07) is 6.55. The molecular weight excluding hydrogens is 300 g/mol. The zero-order valence-electron chi connectivity index (χ0n) is 14.0. The lowest BCUT2D eigenvalue weighted by Gasteiger charge is -2.63. The number of rotatable bonds is 2. The average Bonchev–Trinajstić information content (AvgIpc) is 3.29. The van der Waals surface area contributed by atoms with E-state index in [2.05, 4.69) is 23.5 Å². The zero-order chi connectivity index (χ0) is 16.1. The van der Waals surface area contributed by atoms with E-state index in [-0.39, 0.29) is 23.6 Å². The number of benzene rings is 1. The van der Waals surface area contributed by atoms with Crippen molar-refractivity contribution in [3.8, 4) is 5.75 Å². The summed E-state index contributed by atoms with van der Waals surface area (Å²) in [5.74, 6) is 2.19. The molecule has 0 aromatic heterocycles. The minimum absolute atomic E-state index is 0.0305. The Hall–Kier alpha value is -1.10. The van der Waals surface area contributed by atoms with Gasteiger partial charge in [-0.05, 0) is 55.7 Å². The van der Waals surface area contributed by atoms with E-state index in [4.69, 9.17) is 10.5 Å². The van der Waals surface area contributed by atoms with Crippen LogP contribution in [0, 0.1) is 11.8 Å². The van der Waals surface area contributed by atoms with E-state index in [1.807, 2.05) is 0 Å². The maximum absolute atomic E-state index is 12.0.